The molecule has 9 nitrogen and oxygen atoms in total. The Hall–Kier alpha value is -3.21. The number of piperazine rings is 1. The van der Waals surface area contributed by atoms with Crippen molar-refractivity contribution in [2.45, 2.75) is 4.90 Å². The Kier molecular flexibility index (Phi) is 5.65. The van der Waals surface area contributed by atoms with Crippen molar-refractivity contribution in [1.29, 1.82) is 0 Å². The summed E-state index contributed by atoms with van der Waals surface area (Å²) in [5, 5.41) is 4.87. The number of hydrogen-bond acceptors (Lipinski definition) is 7. The second kappa shape index (κ2) is 8.62. The Labute approximate surface area is 196 Å². The van der Waals surface area contributed by atoms with E-state index in [1.165, 1.54) is 22.8 Å². The molecule has 0 radical (unpaired) electrons. The minimum absolute atomic E-state index is 0.238. The smallest absolute Gasteiger partial charge is 0.254 e. The van der Waals surface area contributed by atoms with Crippen molar-refractivity contribution in [3.05, 3.63) is 66.1 Å². The maximum absolute atomic E-state index is 13.1. The molecule has 0 N–H and O–H groups in total. The van der Waals surface area contributed by atoms with Crippen molar-refractivity contribution in [2.75, 3.05) is 38.2 Å². The number of nitrogens with zero attached hydrogens (tertiary/aromatic N) is 6. The van der Waals surface area contributed by atoms with Gasteiger partial charge in [0.2, 0.25) is 10.0 Å². The number of halogens is 1. The summed E-state index contributed by atoms with van der Waals surface area (Å²) < 4.78 is 34.6. The first-order valence-corrected chi connectivity index (χ1v) is 12.1. The Balaban J connectivity index is 1.45. The van der Waals surface area contributed by atoms with Crippen LogP contribution in [0.3, 0.4) is 0 Å². The lowest BCUT2D eigenvalue weighted by atomic mass is 10.1. The van der Waals surface area contributed by atoms with E-state index in [-0.39, 0.29) is 4.90 Å². The Morgan fingerprint density at radius 2 is 1.64 bits per heavy atom. The minimum atomic E-state index is -3.60. The second-order valence-electron chi connectivity index (χ2n) is 7.54. The summed E-state index contributed by atoms with van der Waals surface area (Å²) >= 11 is 5.91. The lowest BCUT2D eigenvalue weighted by molar-refractivity contribution is 0.383. The van der Waals surface area contributed by atoms with Crippen LogP contribution in [0.2, 0.25) is 5.02 Å². The van der Waals surface area contributed by atoms with E-state index in [2.05, 4.69) is 20.0 Å². The molecular weight excluding hydrogens is 464 g/mol. The Morgan fingerprint density at radius 1 is 0.939 bits per heavy atom. The molecule has 0 bridgehead atoms. The zero-order valence-electron chi connectivity index (χ0n) is 17.8. The van der Waals surface area contributed by atoms with E-state index in [4.69, 9.17) is 16.3 Å². The number of ether oxygens (including phenoxy) is 1. The zero-order valence-corrected chi connectivity index (χ0v) is 19.4. The van der Waals surface area contributed by atoms with Crippen LogP contribution in [0.1, 0.15) is 0 Å². The summed E-state index contributed by atoms with van der Waals surface area (Å²) in [6.45, 7) is 1.67. The maximum atomic E-state index is 13.1. The van der Waals surface area contributed by atoms with Gasteiger partial charge >= 0.3 is 0 Å². The van der Waals surface area contributed by atoms with Gasteiger partial charge in [-0.15, -0.1) is 0 Å². The highest BCUT2D eigenvalue weighted by Crippen LogP contribution is 2.32. The molecule has 1 fully saturated rings. The van der Waals surface area contributed by atoms with E-state index in [9.17, 15) is 8.42 Å². The van der Waals surface area contributed by atoms with E-state index < -0.39 is 10.0 Å². The molecule has 33 heavy (non-hydrogen) atoms. The van der Waals surface area contributed by atoms with Crippen molar-refractivity contribution in [3.63, 3.8) is 0 Å². The highest BCUT2D eigenvalue weighted by Gasteiger charge is 2.30. The standard InChI is InChI=1S/C22H21ClN6O3S/c1-32-18-6-2-16(3-7-18)20-14-24-22-25-15-26-29(22)21(20)27-10-12-28(13-11-27)33(30,31)19-8-4-17(23)5-9-19/h2-9,14-15H,10-13H2,1H3. The molecule has 11 heteroatoms. The predicted octanol–water partition coefficient (Wildman–Crippen LogP) is 2.96. The van der Waals surface area contributed by atoms with Gasteiger partial charge in [-0.3, -0.25) is 0 Å². The molecule has 170 valence electrons. The maximum Gasteiger partial charge on any atom is 0.254 e. The molecule has 0 aliphatic carbocycles. The van der Waals surface area contributed by atoms with Crippen molar-refractivity contribution >= 4 is 33.2 Å². The van der Waals surface area contributed by atoms with Gasteiger partial charge in [-0.1, -0.05) is 23.7 Å². The van der Waals surface area contributed by atoms with E-state index >= 15 is 0 Å². The lowest BCUT2D eigenvalue weighted by Gasteiger charge is -2.36. The monoisotopic (exact) mass is 484 g/mol. The quantitative estimate of drug-likeness (QED) is 0.430. The number of methoxy groups -OCH3 is 1. The first kappa shape index (κ1) is 21.6. The molecule has 5 rings (SSSR count). The van der Waals surface area contributed by atoms with Gasteiger partial charge in [0.25, 0.3) is 5.78 Å². The molecular formula is C22H21ClN6O3S. The van der Waals surface area contributed by atoms with Crippen molar-refractivity contribution in [2.24, 2.45) is 0 Å². The van der Waals surface area contributed by atoms with Crippen molar-refractivity contribution in [1.82, 2.24) is 23.9 Å². The molecule has 0 unspecified atom stereocenters. The Bertz CT molecular complexity index is 1380. The van der Waals surface area contributed by atoms with Gasteiger partial charge in [-0.2, -0.15) is 18.9 Å². The molecule has 2 aromatic heterocycles. The fourth-order valence-electron chi connectivity index (χ4n) is 3.94. The van der Waals surface area contributed by atoms with Crippen LogP contribution in [0.25, 0.3) is 16.9 Å². The summed E-state index contributed by atoms with van der Waals surface area (Å²) in [6, 6.07) is 13.9. The van der Waals surface area contributed by atoms with Crippen LogP contribution in [0.4, 0.5) is 5.82 Å². The average Bonchev–Trinajstić information content (AvgIpc) is 3.33. The normalized spacial score (nSPS) is 15.2. The molecule has 2 aromatic carbocycles. The predicted molar refractivity (Wildman–Crippen MR) is 125 cm³/mol. The topological polar surface area (TPSA) is 92.9 Å². The van der Waals surface area contributed by atoms with Crippen LogP contribution in [0, 0.1) is 0 Å². The number of hydrogen-bond donors (Lipinski definition) is 0. The van der Waals surface area contributed by atoms with Gasteiger partial charge < -0.3 is 9.64 Å². The second-order valence-corrected chi connectivity index (χ2v) is 9.92. The molecule has 1 saturated heterocycles. The molecule has 0 amide bonds. The number of rotatable bonds is 5. The van der Waals surface area contributed by atoms with Crippen LogP contribution in [0.5, 0.6) is 5.75 Å². The molecule has 3 heterocycles. The van der Waals surface area contributed by atoms with E-state index in [1.807, 2.05) is 24.3 Å². The first-order chi connectivity index (χ1) is 16.0. The third-order valence-corrected chi connectivity index (χ3v) is 7.84. The summed E-state index contributed by atoms with van der Waals surface area (Å²) in [5.74, 6) is 2.07. The van der Waals surface area contributed by atoms with Crippen LogP contribution in [-0.2, 0) is 10.0 Å². The summed E-state index contributed by atoms with van der Waals surface area (Å²) in [7, 11) is -1.97. The number of benzene rings is 2. The summed E-state index contributed by atoms with van der Waals surface area (Å²) in [5.41, 5.74) is 1.83. The molecule has 0 atom stereocenters. The van der Waals surface area contributed by atoms with E-state index in [1.54, 1.807) is 30.0 Å². The van der Waals surface area contributed by atoms with Gasteiger partial charge in [0.1, 0.15) is 17.9 Å². The SMILES string of the molecule is COc1ccc(-c2cnc3ncnn3c2N2CCN(S(=O)(=O)c3ccc(Cl)cc3)CC2)cc1. The van der Waals surface area contributed by atoms with Gasteiger partial charge in [-0.25, -0.2) is 13.4 Å². The van der Waals surface area contributed by atoms with Crippen LogP contribution in [0.15, 0.2) is 66.0 Å². The van der Waals surface area contributed by atoms with Crippen LogP contribution in [-0.4, -0.2) is 65.6 Å². The fourth-order valence-corrected chi connectivity index (χ4v) is 5.49. The number of aromatic nitrogens is 4. The molecule has 4 aromatic rings. The van der Waals surface area contributed by atoms with Gasteiger partial charge in [0.05, 0.1) is 12.0 Å². The summed E-state index contributed by atoms with van der Waals surface area (Å²) in [6.07, 6.45) is 3.24. The highest BCUT2D eigenvalue weighted by atomic mass is 35.5. The van der Waals surface area contributed by atoms with E-state index in [0.717, 1.165) is 22.7 Å². The number of fused-ring (bicyclic) bond motifs is 1. The molecule has 1 aliphatic heterocycles. The van der Waals surface area contributed by atoms with Crippen molar-refractivity contribution < 1.29 is 13.2 Å². The molecule has 1 aliphatic rings. The van der Waals surface area contributed by atoms with Crippen LogP contribution < -0.4 is 9.64 Å². The van der Waals surface area contributed by atoms with Gasteiger partial charge in [-0.05, 0) is 42.0 Å². The third-order valence-electron chi connectivity index (χ3n) is 5.67. The summed E-state index contributed by atoms with van der Waals surface area (Å²) in [4.78, 5) is 11.0. The average molecular weight is 485 g/mol. The third kappa shape index (κ3) is 4.01. The largest absolute Gasteiger partial charge is 0.497 e. The number of sulfonamides is 1. The lowest BCUT2D eigenvalue weighted by Crippen LogP contribution is -2.49. The zero-order chi connectivity index (χ0) is 23.0. The van der Waals surface area contributed by atoms with Crippen molar-refractivity contribution in [3.8, 4) is 16.9 Å². The van der Waals surface area contributed by atoms with Crippen LogP contribution >= 0.6 is 11.6 Å². The number of anilines is 1. The molecule has 0 spiro atoms. The van der Waals surface area contributed by atoms with Gasteiger partial charge in [0.15, 0.2) is 0 Å². The van der Waals surface area contributed by atoms with Gasteiger partial charge in [0, 0.05) is 43.0 Å². The fraction of sp³-hybridized carbons (Fsp3) is 0.227. The first-order valence-electron chi connectivity index (χ1n) is 10.3. The Morgan fingerprint density at radius 3 is 2.30 bits per heavy atom. The molecule has 0 saturated carbocycles. The highest BCUT2D eigenvalue weighted by molar-refractivity contribution is 7.89. The minimum Gasteiger partial charge on any atom is -0.497 e. The van der Waals surface area contributed by atoms with E-state index in [0.29, 0.717) is 37.0 Å².